The number of benzene rings is 2. The molecule has 0 fully saturated rings. The van der Waals surface area contributed by atoms with Crippen molar-refractivity contribution in [2.24, 2.45) is 0 Å². The van der Waals surface area contributed by atoms with E-state index >= 15 is 0 Å². The molecule has 7 nitrogen and oxygen atoms in total. The number of anilines is 2. The van der Waals surface area contributed by atoms with Crippen LogP contribution in [0.25, 0.3) is 0 Å². The first-order chi connectivity index (χ1) is 15.3. The van der Waals surface area contributed by atoms with Gasteiger partial charge in [0.05, 0.1) is 17.6 Å². The molecule has 1 aromatic heterocycles. The number of nitrogens with one attached hydrogen (secondary N) is 1. The van der Waals surface area contributed by atoms with Crippen LogP contribution < -0.4 is 9.62 Å². The van der Waals surface area contributed by atoms with Crippen LogP contribution in [-0.4, -0.2) is 39.7 Å². The first kappa shape index (κ1) is 22.5. The fourth-order valence-electron chi connectivity index (χ4n) is 3.22. The van der Waals surface area contributed by atoms with Gasteiger partial charge in [-0.15, -0.1) is 11.3 Å². The molecule has 1 amide bonds. The highest BCUT2D eigenvalue weighted by Crippen LogP contribution is 2.47. The van der Waals surface area contributed by atoms with E-state index < -0.39 is 22.6 Å². The average molecular weight is 489 g/mol. The highest BCUT2D eigenvalue weighted by molar-refractivity contribution is 7.99. The summed E-state index contributed by atoms with van der Waals surface area (Å²) in [6, 6.07) is 18.6. The lowest BCUT2D eigenvalue weighted by atomic mass is 10.2. The molecule has 0 bridgehead atoms. The average Bonchev–Trinajstić information content (AvgIpc) is 3.23. The lowest BCUT2D eigenvalue weighted by molar-refractivity contribution is -0.121. The summed E-state index contributed by atoms with van der Waals surface area (Å²) in [7, 11) is -3.26. The van der Waals surface area contributed by atoms with Crippen molar-refractivity contribution in [1.29, 1.82) is 0 Å². The molecule has 4 rings (SSSR count). The molecule has 0 saturated heterocycles. The highest BCUT2D eigenvalue weighted by atomic mass is 32.2. The standard InChI is InChI=1S/C22H20N2O5S3/c1-32(27,28)23-13-12-15-10-11-20(30-15)22(26)29-14-21(25)24-16-6-2-4-8-18(16)31-19-9-5-3-7-17(19)24/h2-11,23H,12-14H2,1H3. The molecule has 0 saturated carbocycles. The molecular formula is C22H20N2O5S3. The fraction of sp³-hybridized carbons (Fsp3) is 0.182. The van der Waals surface area contributed by atoms with Gasteiger partial charge in [-0.05, 0) is 42.8 Å². The van der Waals surface area contributed by atoms with Gasteiger partial charge in [-0.2, -0.15) is 0 Å². The second-order valence-electron chi connectivity index (χ2n) is 7.03. The number of ether oxygens (including phenoxy) is 1. The Kier molecular flexibility index (Phi) is 6.66. The number of hydrogen-bond acceptors (Lipinski definition) is 7. The number of sulfonamides is 1. The van der Waals surface area contributed by atoms with Crippen molar-refractivity contribution in [3.8, 4) is 0 Å². The SMILES string of the molecule is CS(=O)(=O)NCCc1ccc(C(=O)OCC(=O)N2c3ccccc3Sc3ccccc32)s1. The van der Waals surface area contributed by atoms with E-state index in [-0.39, 0.29) is 12.5 Å². The number of nitrogens with zero attached hydrogens (tertiary/aromatic N) is 1. The minimum Gasteiger partial charge on any atom is -0.451 e. The van der Waals surface area contributed by atoms with E-state index in [1.54, 1.807) is 28.8 Å². The number of fused-ring (bicyclic) bond motifs is 2. The quantitative estimate of drug-likeness (QED) is 0.508. The van der Waals surface area contributed by atoms with Crippen molar-refractivity contribution < 1.29 is 22.7 Å². The monoisotopic (exact) mass is 488 g/mol. The van der Waals surface area contributed by atoms with Crippen LogP contribution in [0.5, 0.6) is 0 Å². The Bertz CT molecular complexity index is 1220. The predicted molar refractivity (Wildman–Crippen MR) is 125 cm³/mol. The normalized spacial score (nSPS) is 12.7. The van der Waals surface area contributed by atoms with Gasteiger partial charge in [0.1, 0.15) is 4.88 Å². The maximum absolute atomic E-state index is 13.1. The number of thiophene rings is 1. The van der Waals surface area contributed by atoms with Crippen molar-refractivity contribution >= 4 is 56.4 Å². The zero-order valence-corrected chi connectivity index (χ0v) is 19.6. The minimum absolute atomic E-state index is 0.248. The van der Waals surface area contributed by atoms with Crippen LogP contribution in [0.15, 0.2) is 70.5 Å². The van der Waals surface area contributed by atoms with Gasteiger partial charge in [0.15, 0.2) is 6.61 Å². The Morgan fingerprint density at radius 3 is 2.22 bits per heavy atom. The summed E-state index contributed by atoms with van der Waals surface area (Å²) in [6.07, 6.45) is 1.56. The summed E-state index contributed by atoms with van der Waals surface area (Å²) >= 11 is 2.81. The third-order valence-electron chi connectivity index (χ3n) is 4.61. The maximum Gasteiger partial charge on any atom is 0.348 e. The van der Waals surface area contributed by atoms with Crippen LogP contribution in [-0.2, 0) is 26.0 Å². The van der Waals surface area contributed by atoms with Gasteiger partial charge < -0.3 is 4.74 Å². The zero-order valence-electron chi connectivity index (χ0n) is 17.1. The Balaban J connectivity index is 1.42. The van der Waals surface area contributed by atoms with Gasteiger partial charge in [0.2, 0.25) is 10.0 Å². The number of esters is 1. The molecule has 0 spiro atoms. The molecule has 32 heavy (non-hydrogen) atoms. The van der Waals surface area contributed by atoms with E-state index in [1.807, 2.05) is 48.5 Å². The number of rotatable bonds is 7. The molecular weight excluding hydrogens is 468 g/mol. The first-order valence-electron chi connectivity index (χ1n) is 9.71. The van der Waals surface area contributed by atoms with Crippen LogP contribution in [0, 0.1) is 0 Å². The Morgan fingerprint density at radius 2 is 1.59 bits per heavy atom. The number of carbonyl (C=O) groups is 2. The van der Waals surface area contributed by atoms with Crippen LogP contribution in [0.2, 0.25) is 0 Å². The molecule has 10 heteroatoms. The van der Waals surface area contributed by atoms with Gasteiger partial charge in [0.25, 0.3) is 5.91 Å². The number of carbonyl (C=O) groups excluding carboxylic acids is 2. The van der Waals surface area contributed by atoms with Crippen molar-refractivity contribution in [1.82, 2.24) is 4.72 Å². The van der Waals surface area contributed by atoms with E-state index in [2.05, 4.69) is 4.72 Å². The fourth-order valence-corrected chi connectivity index (χ4v) is 5.65. The molecule has 1 N–H and O–H groups in total. The third kappa shape index (κ3) is 5.21. The number of amides is 1. The highest BCUT2D eigenvalue weighted by Gasteiger charge is 2.28. The zero-order chi connectivity index (χ0) is 22.7. The third-order valence-corrected chi connectivity index (χ3v) is 7.59. The van der Waals surface area contributed by atoms with Crippen molar-refractivity contribution in [3.63, 3.8) is 0 Å². The summed E-state index contributed by atoms with van der Waals surface area (Å²) < 4.78 is 30.0. The molecule has 1 aliphatic rings. The van der Waals surface area contributed by atoms with Crippen LogP contribution in [0.1, 0.15) is 14.5 Å². The van der Waals surface area contributed by atoms with Crippen LogP contribution in [0.4, 0.5) is 11.4 Å². The summed E-state index contributed by atoms with van der Waals surface area (Å²) in [5.41, 5.74) is 1.52. The van der Waals surface area contributed by atoms with E-state index in [0.717, 1.165) is 32.3 Å². The lowest BCUT2D eigenvalue weighted by Gasteiger charge is -2.30. The molecule has 0 aliphatic carbocycles. The lowest BCUT2D eigenvalue weighted by Crippen LogP contribution is -2.32. The van der Waals surface area contributed by atoms with Gasteiger partial charge in [-0.1, -0.05) is 36.0 Å². The van der Waals surface area contributed by atoms with Crippen LogP contribution in [0.3, 0.4) is 0 Å². The molecule has 0 radical (unpaired) electrons. The van der Waals surface area contributed by atoms with Gasteiger partial charge in [-0.25, -0.2) is 17.9 Å². The smallest absolute Gasteiger partial charge is 0.348 e. The van der Waals surface area contributed by atoms with Crippen molar-refractivity contribution in [2.75, 3.05) is 24.3 Å². The minimum atomic E-state index is -3.26. The van der Waals surface area contributed by atoms with Gasteiger partial charge in [-0.3, -0.25) is 9.69 Å². The van der Waals surface area contributed by atoms with Gasteiger partial charge in [0, 0.05) is 21.2 Å². The molecule has 0 unspecified atom stereocenters. The molecule has 2 heterocycles. The molecule has 3 aromatic rings. The Morgan fingerprint density at radius 1 is 0.969 bits per heavy atom. The summed E-state index contributed by atoms with van der Waals surface area (Å²) in [6.45, 7) is -0.146. The summed E-state index contributed by atoms with van der Waals surface area (Å²) in [5, 5.41) is 0. The maximum atomic E-state index is 13.1. The largest absolute Gasteiger partial charge is 0.451 e. The van der Waals surface area contributed by atoms with E-state index in [9.17, 15) is 18.0 Å². The summed E-state index contributed by atoms with van der Waals surface area (Å²) in [4.78, 5) is 30.3. The Hall–Kier alpha value is -2.66. The number of hydrogen-bond donors (Lipinski definition) is 1. The molecule has 2 aromatic carbocycles. The second kappa shape index (κ2) is 9.45. The topological polar surface area (TPSA) is 92.8 Å². The Labute approximate surface area is 194 Å². The second-order valence-corrected chi connectivity index (χ2v) is 11.1. The van der Waals surface area contributed by atoms with E-state index in [1.165, 1.54) is 11.3 Å². The van der Waals surface area contributed by atoms with E-state index in [0.29, 0.717) is 11.3 Å². The van der Waals surface area contributed by atoms with E-state index in [4.69, 9.17) is 4.74 Å². The van der Waals surface area contributed by atoms with Crippen molar-refractivity contribution in [3.05, 3.63) is 70.4 Å². The van der Waals surface area contributed by atoms with Gasteiger partial charge >= 0.3 is 5.97 Å². The number of para-hydroxylation sites is 2. The molecule has 1 aliphatic heterocycles. The van der Waals surface area contributed by atoms with Crippen molar-refractivity contribution in [2.45, 2.75) is 16.2 Å². The van der Waals surface area contributed by atoms with Crippen LogP contribution >= 0.6 is 23.1 Å². The first-order valence-corrected chi connectivity index (χ1v) is 13.2. The predicted octanol–water partition coefficient (Wildman–Crippen LogP) is 3.83. The molecule has 166 valence electrons. The summed E-state index contributed by atoms with van der Waals surface area (Å²) in [5.74, 6) is -0.925. The molecule has 0 atom stereocenters.